The summed E-state index contributed by atoms with van der Waals surface area (Å²) >= 11 is 0. The normalized spacial score (nSPS) is 16.7. The molecule has 5 heterocycles. The third-order valence-corrected chi connectivity index (χ3v) is 8.29. The number of rotatable bonds is 7. The predicted molar refractivity (Wildman–Crippen MR) is 164 cm³/mol. The zero-order chi connectivity index (χ0) is 29.2. The quantitative estimate of drug-likeness (QED) is 0.293. The number of pyridine rings is 2. The number of hydrogen-bond acceptors (Lipinski definition) is 7. The Balaban J connectivity index is 0.00000368. The molecule has 43 heavy (non-hydrogen) atoms. The van der Waals surface area contributed by atoms with Crippen molar-refractivity contribution < 1.29 is 18.6 Å². The molecule has 2 aliphatic heterocycles. The molecule has 6 rings (SSSR count). The Hall–Kier alpha value is -3.90. The van der Waals surface area contributed by atoms with Gasteiger partial charge in [0.25, 0.3) is 0 Å². The minimum absolute atomic E-state index is 0. The summed E-state index contributed by atoms with van der Waals surface area (Å²) in [6.45, 7) is 5.38. The monoisotopic (exact) mass is 589 g/mol. The lowest BCUT2D eigenvalue weighted by atomic mass is 9.89. The number of carbonyl (C=O) groups is 1. The Morgan fingerprint density at radius 2 is 1.77 bits per heavy atom. The van der Waals surface area contributed by atoms with E-state index in [0.29, 0.717) is 41.5 Å². The zero-order valence-electron chi connectivity index (χ0n) is 23.6. The fraction of sp³-hybridized carbons (Fsp3) is 0.419. The molecule has 2 fully saturated rings. The van der Waals surface area contributed by atoms with Gasteiger partial charge in [-0.15, -0.1) is 0 Å². The van der Waals surface area contributed by atoms with Crippen molar-refractivity contribution in [2.75, 3.05) is 31.4 Å². The number of halogens is 2. The molecular weight excluding hydrogens is 551 g/mol. The second-order valence-corrected chi connectivity index (χ2v) is 11.3. The van der Waals surface area contributed by atoms with Crippen LogP contribution in [0.15, 0.2) is 54.9 Å². The molecule has 1 aromatic carbocycles. The second kappa shape index (κ2) is 13.2. The van der Waals surface area contributed by atoms with Crippen molar-refractivity contribution in [2.45, 2.75) is 52.5 Å². The number of nitrogens with one attached hydrogen (secondary N) is 1. The largest absolute Gasteiger partial charge is 0.433 e. The Morgan fingerprint density at radius 3 is 2.49 bits per heavy atom. The maximum absolute atomic E-state index is 14.1. The van der Waals surface area contributed by atoms with E-state index in [1.54, 1.807) is 25.3 Å². The average Bonchev–Trinajstić information content (AvgIpc) is 3.38. The van der Waals surface area contributed by atoms with Crippen LogP contribution in [0, 0.1) is 17.6 Å². The van der Waals surface area contributed by atoms with Crippen molar-refractivity contribution in [2.24, 2.45) is 5.92 Å². The summed E-state index contributed by atoms with van der Waals surface area (Å²) in [5, 5.41) is 12.5. The number of piperidine rings is 2. The van der Waals surface area contributed by atoms with Gasteiger partial charge in [-0.25, -0.2) is 23.7 Å². The minimum Gasteiger partial charge on any atom is -0.433 e. The molecule has 4 aromatic rings. The van der Waals surface area contributed by atoms with E-state index in [1.807, 2.05) is 33.7 Å². The van der Waals surface area contributed by atoms with Gasteiger partial charge in [0.1, 0.15) is 17.2 Å². The molecule has 9 nitrogen and oxygen atoms in total. The maximum Gasteiger partial charge on any atom is 0.408 e. The highest BCUT2D eigenvalue weighted by Crippen LogP contribution is 2.34. The van der Waals surface area contributed by atoms with Crippen molar-refractivity contribution in [3.05, 3.63) is 72.1 Å². The molecule has 0 spiro atoms. The number of imidazole rings is 1. The Labute approximate surface area is 251 Å². The van der Waals surface area contributed by atoms with E-state index in [9.17, 15) is 18.6 Å². The molecule has 2 saturated heterocycles. The molecule has 1 amide bonds. The molecule has 0 atom stereocenters. The zero-order valence-corrected chi connectivity index (χ0v) is 23.6. The van der Waals surface area contributed by atoms with E-state index in [4.69, 9.17) is 4.98 Å². The van der Waals surface area contributed by atoms with Gasteiger partial charge in [0, 0.05) is 49.6 Å². The maximum atomic E-state index is 14.1. The van der Waals surface area contributed by atoms with E-state index < -0.39 is 18.7 Å². The summed E-state index contributed by atoms with van der Waals surface area (Å²) in [6.07, 6.45) is 6.55. The molecule has 0 bridgehead atoms. The summed E-state index contributed by atoms with van der Waals surface area (Å²) < 4.78 is 29.8. The van der Waals surface area contributed by atoms with Crippen LogP contribution in [0.25, 0.3) is 22.6 Å². The third kappa shape index (κ3) is 6.70. The average molecular weight is 589 g/mol. The molecule has 12 heteroatoms. The van der Waals surface area contributed by atoms with Gasteiger partial charge in [-0.1, -0.05) is 7.43 Å². The SMILES string of the molecule is C.CB(O)Nc1cc(CN2CCC(C(=O)N3CCC(n4c(-c5ccc(F)c(F)c5)nc5cccnc54)CC3)CC2)ccn1. The van der Waals surface area contributed by atoms with E-state index in [2.05, 4.69) is 20.1 Å². The molecule has 2 aliphatic rings. The molecule has 2 N–H and O–H groups in total. The molecule has 226 valence electrons. The standard InChI is InChI=1S/C30H34BF2N7O2.CH4/c1-31(42)37-27-17-20(6-12-34-27)19-38-13-7-21(8-14-38)30(41)39-15-9-23(10-16-39)40-28(22-4-5-24(32)25(33)18-22)36-26-3-2-11-35-29(26)40;/h2-6,11-12,17-18,21,23,42H,7-10,13-16,19H2,1H3,(H,34,37);1H4. The van der Waals surface area contributed by atoms with Crippen LogP contribution in [0.1, 0.15) is 44.7 Å². The van der Waals surface area contributed by atoms with Crippen LogP contribution >= 0.6 is 0 Å². The van der Waals surface area contributed by atoms with Gasteiger partial charge in [-0.3, -0.25) is 9.69 Å². The third-order valence-electron chi connectivity index (χ3n) is 8.29. The van der Waals surface area contributed by atoms with Crippen LogP contribution in [0.5, 0.6) is 0 Å². The number of hydrogen-bond donors (Lipinski definition) is 2. The van der Waals surface area contributed by atoms with Gasteiger partial charge in [0.05, 0.1) is 0 Å². The van der Waals surface area contributed by atoms with E-state index >= 15 is 0 Å². The van der Waals surface area contributed by atoms with Crippen LogP contribution in [0.4, 0.5) is 14.6 Å². The fourth-order valence-corrected chi connectivity index (χ4v) is 6.18. The number of likely N-dealkylation sites (tertiary alicyclic amines) is 2. The molecule has 0 aliphatic carbocycles. The summed E-state index contributed by atoms with van der Waals surface area (Å²) in [7, 11) is -0.669. The van der Waals surface area contributed by atoms with Crippen LogP contribution in [-0.2, 0) is 11.3 Å². The summed E-state index contributed by atoms with van der Waals surface area (Å²) in [6, 6.07) is 11.5. The van der Waals surface area contributed by atoms with Crippen LogP contribution in [0.2, 0.25) is 6.82 Å². The van der Waals surface area contributed by atoms with E-state index in [1.165, 1.54) is 6.07 Å². The number of carbonyl (C=O) groups excluding carboxylic acids is 1. The summed E-state index contributed by atoms with van der Waals surface area (Å²) in [5.41, 5.74) is 3.02. The Bertz CT molecular complexity index is 1570. The van der Waals surface area contributed by atoms with Crippen molar-refractivity contribution in [3.63, 3.8) is 0 Å². The topological polar surface area (TPSA) is 99.4 Å². The predicted octanol–water partition coefficient (Wildman–Crippen LogP) is 5.01. The molecular formula is C31H38BF2N7O2. The van der Waals surface area contributed by atoms with Gasteiger partial charge in [0.15, 0.2) is 17.3 Å². The molecule has 0 saturated carbocycles. The van der Waals surface area contributed by atoms with Crippen molar-refractivity contribution in [3.8, 4) is 11.4 Å². The highest BCUT2D eigenvalue weighted by atomic mass is 19.2. The number of benzene rings is 1. The van der Waals surface area contributed by atoms with Crippen molar-refractivity contribution in [1.29, 1.82) is 0 Å². The number of aromatic nitrogens is 4. The lowest BCUT2D eigenvalue weighted by Crippen LogP contribution is -2.45. The van der Waals surface area contributed by atoms with Gasteiger partial charge in [0.2, 0.25) is 5.91 Å². The van der Waals surface area contributed by atoms with Crippen LogP contribution in [-0.4, -0.2) is 73.5 Å². The minimum atomic E-state index is -0.913. The second-order valence-electron chi connectivity index (χ2n) is 11.3. The van der Waals surface area contributed by atoms with E-state index in [-0.39, 0.29) is 25.3 Å². The number of nitrogens with zero attached hydrogens (tertiary/aromatic N) is 6. The Morgan fingerprint density at radius 1 is 1.00 bits per heavy atom. The highest BCUT2D eigenvalue weighted by Gasteiger charge is 2.32. The first-order chi connectivity index (χ1) is 20.4. The lowest BCUT2D eigenvalue weighted by Gasteiger charge is -2.38. The molecule has 0 radical (unpaired) electrons. The number of amides is 1. The van der Waals surface area contributed by atoms with Crippen molar-refractivity contribution >= 4 is 29.9 Å². The van der Waals surface area contributed by atoms with Gasteiger partial charge < -0.3 is 19.7 Å². The Kier molecular flexibility index (Phi) is 9.36. The van der Waals surface area contributed by atoms with Crippen LogP contribution in [0.3, 0.4) is 0 Å². The van der Waals surface area contributed by atoms with Crippen LogP contribution < -0.4 is 5.23 Å². The number of anilines is 1. The first-order valence-corrected chi connectivity index (χ1v) is 14.5. The van der Waals surface area contributed by atoms with Gasteiger partial charge in [-0.05, 0) is 93.6 Å². The summed E-state index contributed by atoms with van der Waals surface area (Å²) in [4.78, 5) is 31.3. The molecule has 0 unspecified atom stereocenters. The first-order valence-electron chi connectivity index (χ1n) is 14.5. The smallest absolute Gasteiger partial charge is 0.408 e. The van der Waals surface area contributed by atoms with E-state index in [0.717, 1.165) is 56.9 Å². The first kappa shape index (κ1) is 30.6. The fourth-order valence-electron chi connectivity index (χ4n) is 6.18. The lowest BCUT2D eigenvalue weighted by molar-refractivity contribution is -0.138. The molecule has 3 aromatic heterocycles. The number of fused-ring (bicyclic) bond motifs is 1. The van der Waals surface area contributed by atoms with Gasteiger partial charge >= 0.3 is 7.05 Å². The van der Waals surface area contributed by atoms with Crippen molar-refractivity contribution in [1.82, 2.24) is 29.3 Å². The van der Waals surface area contributed by atoms with Gasteiger partial charge in [-0.2, -0.15) is 0 Å². The highest BCUT2D eigenvalue weighted by molar-refractivity contribution is 6.52. The summed E-state index contributed by atoms with van der Waals surface area (Å²) in [5.74, 6) is -0.376.